The van der Waals surface area contributed by atoms with E-state index in [2.05, 4.69) is 20.8 Å². The third-order valence-corrected chi connectivity index (χ3v) is 2.97. The van der Waals surface area contributed by atoms with Crippen LogP contribution in [0.1, 0.15) is 23.3 Å². The number of nitrogens with two attached hydrogens (primary N) is 1. The van der Waals surface area contributed by atoms with Gasteiger partial charge >= 0.3 is 6.03 Å². The zero-order valence-electron chi connectivity index (χ0n) is 10.1. The van der Waals surface area contributed by atoms with E-state index in [4.69, 9.17) is 5.73 Å². The Morgan fingerprint density at radius 2 is 2.16 bits per heavy atom. The molecule has 7 heteroatoms. The summed E-state index contributed by atoms with van der Waals surface area (Å²) in [6.45, 7) is 0. The van der Waals surface area contributed by atoms with Crippen LogP contribution in [0.5, 0.6) is 0 Å². The van der Waals surface area contributed by atoms with E-state index >= 15 is 0 Å². The summed E-state index contributed by atoms with van der Waals surface area (Å²) in [5.74, 6) is -0.606. The van der Waals surface area contributed by atoms with Gasteiger partial charge in [0.1, 0.15) is 0 Å². The van der Waals surface area contributed by atoms with Gasteiger partial charge in [0.05, 0.1) is 5.52 Å². The Hall–Kier alpha value is -2.57. The summed E-state index contributed by atoms with van der Waals surface area (Å²) >= 11 is 0. The Labute approximate surface area is 108 Å². The highest BCUT2D eigenvalue weighted by Crippen LogP contribution is 2.21. The van der Waals surface area contributed by atoms with Gasteiger partial charge in [0.2, 0.25) is 0 Å². The second-order valence-electron chi connectivity index (χ2n) is 4.57. The van der Waals surface area contributed by atoms with E-state index in [0.29, 0.717) is 22.6 Å². The predicted molar refractivity (Wildman–Crippen MR) is 69.8 cm³/mol. The monoisotopic (exact) mass is 259 g/mol. The van der Waals surface area contributed by atoms with Crippen molar-refractivity contribution in [2.24, 2.45) is 5.73 Å². The molecular formula is C12H13N5O2. The Bertz CT molecular complexity index is 659. The lowest BCUT2D eigenvalue weighted by Gasteiger charge is -2.06. The maximum atomic E-state index is 11.6. The van der Waals surface area contributed by atoms with Gasteiger partial charge in [0.15, 0.2) is 5.69 Å². The lowest BCUT2D eigenvalue weighted by molar-refractivity contribution is 0.0997. The molecule has 0 spiro atoms. The highest BCUT2D eigenvalue weighted by Gasteiger charge is 2.23. The minimum atomic E-state index is -0.606. The van der Waals surface area contributed by atoms with Crippen LogP contribution in [0, 0.1) is 0 Å². The zero-order valence-corrected chi connectivity index (χ0v) is 10.1. The number of anilines is 1. The van der Waals surface area contributed by atoms with Crippen molar-refractivity contribution in [2.75, 3.05) is 5.32 Å². The first-order chi connectivity index (χ1) is 9.13. The fourth-order valence-corrected chi connectivity index (χ4v) is 1.86. The first-order valence-electron chi connectivity index (χ1n) is 5.99. The molecule has 0 unspecified atom stereocenters. The van der Waals surface area contributed by atoms with E-state index in [0.717, 1.165) is 12.8 Å². The quantitative estimate of drug-likeness (QED) is 0.658. The number of hydrogen-bond acceptors (Lipinski definition) is 3. The number of fused-ring (bicyclic) bond motifs is 1. The van der Waals surface area contributed by atoms with Crippen molar-refractivity contribution >= 4 is 28.5 Å². The maximum Gasteiger partial charge on any atom is 0.319 e. The Kier molecular flexibility index (Phi) is 2.59. The van der Waals surface area contributed by atoms with E-state index in [9.17, 15) is 9.59 Å². The van der Waals surface area contributed by atoms with Gasteiger partial charge in [-0.1, -0.05) is 0 Å². The average Bonchev–Trinajstić information content (AvgIpc) is 3.06. The first-order valence-corrected chi connectivity index (χ1v) is 5.99. The van der Waals surface area contributed by atoms with Crippen molar-refractivity contribution in [1.82, 2.24) is 15.5 Å². The van der Waals surface area contributed by atoms with Crippen molar-refractivity contribution < 1.29 is 9.59 Å². The number of urea groups is 1. The van der Waals surface area contributed by atoms with E-state index in [1.807, 2.05) is 0 Å². The van der Waals surface area contributed by atoms with Crippen molar-refractivity contribution in [3.63, 3.8) is 0 Å². The minimum Gasteiger partial charge on any atom is -0.364 e. The molecule has 98 valence electrons. The molecule has 1 saturated carbocycles. The molecule has 3 amide bonds. The van der Waals surface area contributed by atoms with E-state index < -0.39 is 5.91 Å². The van der Waals surface area contributed by atoms with Gasteiger partial charge in [-0.15, -0.1) is 0 Å². The van der Waals surface area contributed by atoms with Crippen molar-refractivity contribution in [3.05, 3.63) is 23.9 Å². The number of carbonyl (C=O) groups excluding carboxylic acids is 2. The number of H-pyrrole nitrogens is 1. The standard InChI is InChI=1S/C12H13N5O2/c13-11(18)10-8-5-7(3-4-9(8)16-17-10)15-12(19)14-6-1-2-6/h3-6H,1-2H2,(H2,13,18)(H,16,17)(H2,14,15,19). The topological polar surface area (TPSA) is 113 Å². The summed E-state index contributed by atoms with van der Waals surface area (Å²) in [4.78, 5) is 22.8. The molecule has 0 radical (unpaired) electrons. The SMILES string of the molecule is NC(=O)c1n[nH]c2ccc(NC(=O)NC3CC3)cc12. The van der Waals surface area contributed by atoms with Crippen LogP contribution in [0.2, 0.25) is 0 Å². The molecule has 1 aromatic heterocycles. The van der Waals surface area contributed by atoms with Crippen LogP contribution in [0.4, 0.5) is 10.5 Å². The smallest absolute Gasteiger partial charge is 0.319 e. The summed E-state index contributed by atoms with van der Waals surface area (Å²) in [7, 11) is 0. The molecule has 0 aliphatic heterocycles. The van der Waals surface area contributed by atoms with Crippen LogP contribution in [-0.4, -0.2) is 28.2 Å². The lowest BCUT2D eigenvalue weighted by atomic mass is 10.2. The summed E-state index contributed by atoms with van der Waals surface area (Å²) in [6, 6.07) is 5.19. The second kappa shape index (κ2) is 4.27. The van der Waals surface area contributed by atoms with Gasteiger partial charge < -0.3 is 16.4 Å². The van der Waals surface area contributed by atoms with Crippen LogP contribution >= 0.6 is 0 Å². The number of aromatic nitrogens is 2. The molecule has 0 atom stereocenters. The summed E-state index contributed by atoms with van der Waals surface area (Å²) in [5, 5.41) is 12.7. The van der Waals surface area contributed by atoms with Crippen molar-refractivity contribution in [2.45, 2.75) is 18.9 Å². The van der Waals surface area contributed by atoms with Gasteiger partial charge in [-0.05, 0) is 31.0 Å². The largest absolute Gasteiger partial charge is 0.364 e. The van der Waals surface area contributed by atoms with E-state index in [-0.39, 0.29) is 11.7 Å². The van der Waals surface area contributed by atoms with Crippen LogP contribution in [-0.2, 0) is 0 Å². The number of nitrogens with one attached hydrogen (secondary N) is 3. The van der Waals surface area contributed by atoms with Crippen LogP contribution in [0.15, 0.2) is 18.2 Å². The molecule has 1 fully saturated rings. The number of carbonyl (C=O) groups is 2. The summed E-state index contributed by atoms with van der Waals surface area (Å²) < 4.78 is 0. The number of rotatable bonds is 3. The second-order valence-corrected chi connectivity index (χ2v) is 4.57. The number of primary amides is 1. The zero-order chi connectivity index (χ0) is 13.4. The third-order valence-electron chi connectivity index (χ3n) is 2.97. The van der Waals surface area contributed by atoms with E-state index in [1.165, 1.54) is 0 Å². The fourth-order valence-electron chi connectivity index (χ4n) is 1.86. The molecule has 7 nitrogen and oxygen atoms in total. The molecule has 1 aliphatic carbocycles. The number of hydrogen-bond donors (Lipinski definition) is 4. The highest BCUT2D eigenvalue weighted by atomic mass is 16.2. The first kappa shape index (κ1) is 11.5. The van der Waals surface area contributed by atoms with Crippen LogP contribution in [0.3, 0.4) is 0 Å². The molecule has 3 rings (SSSR count). The Balaban J connectivity index is 1.85. The molecule has 19 heavy (non-hydrogen) atoms. The maximum absolute atomic E-state index is 11.6. The molecule has 0 bridgehead atoms. The van der Waals surface area contributed by atoms with Gasteiger partial charge in [-0.25, -0.2) is 4.79 Å². The average molecular weight is 259 g/mol. The van der Waals surface area contributed by atoms with Crippen molar-refractivity contribution in [3.8, 4) is 0 Å². The van der Waals surface area contributed by atoms with E-state index in [1.54, 1.807) is 18.2 Å². The normalized spacial score (nSPS) is 14.3. The number of aromatic amines is 1. The molecule has 0 saturated heterocycles. The molecule has 5 N–H and O–H groups in total. The number of amides is 3. The van der Waals surface area contributed by atoms with Crippen LogP contribution < -0.4 is 16.4 Å². The summed E-state index contributed by atoms with van der Waals surface area (Å²) in [5.41, 5.74) is 6.68. The van der Waals surface area contributed by atoms with Gasteiger partial charge in [-0.2, -0.15) is 5.10 Å². The Morgan fingerprint density at radius 3 is 2.84 bits per heavy atom. The number of benzene rings is 1. The third kappa shape index (κ3) is 2.35. The Morgan fingerprint density at radius 1 is 1.37 bits per heavy atom. The minimum absolute atomic E-state index is 0.168. The molecule has 1 aromatic carbocycles. The van der Waals surface area contributed by atoms with Crippen molar-refractivity contribution in [1.29, 1.82) is 0 Å². The molecule has 2 aromatic rings. The summed E-state index contributed by atoms with van der Waals surface area (Å²) in [6.07, 6.45) is 2.06. The van der Waals surface area contributed by atoms with Gasteiger partial charge in [-0.3, -0.25) is 9.89 Å². The lowest BCUT2D eigenvalue weighted by Crippen LogP contribution is -2.30. The van der Waals surface area contributed by atoms with Crippen LogP contribution in [0.25, 0.3) is 10.9 Å². The fraction of sp³-hybridized carbons (Fsp3) is 0.250. The highest BCUT2D eigenvalue weighted by molar-refractivity contribution is 6.05. The molecular weight excluding hydrogens is 246 g/mol. The van der Waals surface area contributed by atoms with Gasteiger partial charge in [0.25, 0.3) is 5.91 Å². The molecule has 1 aliphatic rings. The number of nitrogens with zero attached hydrogens (tertiary/aromatic N) is 1. The molecule has 1 heterocycles. The predicted octanol–water partition coefficient (Wildman–Crippen LogP) is 0.946. The van der Waals surface area contributed by atoms with Gasteiger partial charge in [0, 0.05) is 17.1 Å².